The summed E-state index contributed by atoms with van der Waals surface area (Å²) in [5.74, 6) is 0. The summed E-state index contributed by atoms with van der Waals surface area (Å²) < 4.78 is 29.2. The number of sulfonamides is 1. The SMILES string of the molecule is Cc1cc(C)c(C)c(S(=O)(=O)Nc2ccc3[nH]c(=O)sc3c2)c1C. The van der Waals surface area contributed by atoms with E-state index < -0.39 is 10.0 Å². The molecule has 0 radical (unpaired) electrons. The third kappa shape index (κ3) is 2.85. The molecule has 0 unspecified atom stereocenters. The average molecular weight is 362 g/mol. The first-order valence-electron chi connectivity index (χ1n) is 7.42. The van der Waals surface area contributed by atoms with Crippen molar-refractivity contribution in [1.29, 1.82) is 0 Å². The molecule has 0 fully saturated rings. The van der Waals surface area contributed by atoms with Crippen LogP contribution in [0.15, 0.2) is 34.0 Å². The summed E-state index contributed by atoms with van der Waals surface area (Å²) >= 11 is 1.05. The number of aromatic amines is 1. The largest absolute Gasteiger partial charge is 0.312 e. The Kier molecular flexibility index (Phi) is 4.01. The third-order valence-corrected chi connectivity index (χ3v) is 6.74. The van der Waals surface area contributed by atoms with Crippen LogP contribution in [-0.4, -0.2) is 13.4 Å². The zero-order valence-electron chi connectivity index (χ0n) is 13.9. The lowest BCUT2D eigenvalue weighted by atomic mass is 10.0. The highest BCUT2D eigenvalue weighted by Crippen LogP contribution is 2.28. The van der Waals surface area contributed by atoms with E-state index in [1.54, 1.807) is 18.2 Å². The molecule has 3 rings (SSSR count). The molecule has 3 aromatic rings. The number of aryl methyl sites for hydroxylation is 2. The van der Waals surface area contributed by atoms with E-state index in [4.69, 9.17) is 0 Å². The summed E-state index contributed by atoms with van der Waals surface area (Å²) in [4.78, 5) is 14.3. The predicted molar refractivity (Wildman–Crippen MR) is 98.6 cm³/mol. The number of hydrogen-bond acceptors (Lipinski definition) is 4. The lowest BCUT2D eigenvalue weighted by Crippen LogP contribution is -2.17. The van der Waals surface area contributed by atoms with Crippen LogP contribution in [0.3, 0.4) is 0 Å². The minimum atomic E-state index is -3.72. The lowest BCUT2D eigenvalue weighted by molar-refractivity contribution is 0.599. The molecular formula is C17H18N2O3S2. The van der Waals surface area contributed by atoms with Crippen LogP contribution in [0.5, 0.6) is 0 Å². The van der Waals surface area contributed by atoms with Crippen LogP contribution in [0, 0.1) is 27.7 Å². The Morgan fingerprint density at radius 2 is 1.62 bits per heavy atom. The van der Waals surface area contributed by atoms with Crippen LogP contribution < -0.4 is 9.60 Å². The molecule has 2 aromatic carbocycles. The van der Waals surface area contributed by atoms with Gasteiger partial charge in [-0.25, -0.2) is 8.42 Å². The third-order valence-electron chi connectivity index (χ3n) is 4.24. The predicted octanol–water partition coefficient (Wildman–Crippen LogP) is 3.62. The highest BCUT2D eigenvalue weighted by atomic mass is 32.2. The topological polar surface area (TPSA) is 79.0 Å². The summed E-state index contributed by atoms with van der Waals surface area (Å²) in [6.07, 6.45) is 0. The van der Waals surface area contributed by atoms with E-state index in [1.165, 1.54) is 0 Å². The van der Waals surface area contributed by atoms with Crippen molar-refractivity contribution in [2.24, 2.45) is 0 Å². The molecule has 0 aliphatic rings. The Labute approximate surface area is 144 Å². The lowest BCUT2D eigenvalue weighted by Gasteiger charge is -2.16. The monoisotopic (exact) mass is 362 g/mol. The van der Waals surface area contributed by atoms with Crippen molar-refractivity contribution in [2.45, 2.75) is 32.6 Å². The fourth-order valence-electron chi connectivity index (χ4n) is 2.80. The molecule has 7 heteroatoms. The van der Waals surface area contributed by atoms with E-state index in [9.17, 15) is 13.2 Å². The van der Waals surface area contributed by atoms with Crippen LogP contribution >= 0.6 is 11.3 Å². The minimum absolute atomic E-state index is 0.161. The summed E-state index contributed by atoms with van der Waals surface area (Å²) in [6.45, 7) is 7.45. The zero-order valence-corrected chi connectivity index (χ0v) is 15.5. The summed E-state index contributed by atoms with van der Waals surface area (Å²) in [6, 6.07) is 7.01. The van der Waals surface area contributed by atoms with Gasteiger partial charge in [-0.2, -0.15) is 0 Å². The van der Waals surface area contributed by atoms with E-state index in [0.717, 1.165) is 33.6 Å². The van der Waals surface area contributed by atoms with Crippen LogP contribution in [0.25, 0.3) is 10.2 Å². The van der Waals surface area contributed by atoms with Crippen LogP contribution in [0.1, 0.15) is 22.3 Å². The van der Waals surface area contributed by atoms with Gasteiger partial charge in [0.25, 0.3) is 10.0 Å². The van der Waals surface area contributed by atoms with Crippen LogP contribution in [-0.2, 0) is 10.0 Å². The van der Waals surface area contributed by atoms with E-state index >= 15 is 0 Å². The second kappa shape index (κ2) is 5.75. The molecule has 0 aliphatic carbocycles. The molecule has 126 valence electrons. The molecular weight excluding hydrogens is 344 g/mol. The number of nitrogens with one attached hydrogen (secondary N) is 2. The van der Waals surface area contributed by atoms with Crippen molar-refractivity contribution >= 4 is 37.3 Å². The normalized spacial score (nSPS) is 11.8. The fraction of sp³-hybridized carbons (Fsp3) is 0.235. The molecule has 24 heavy (non-hydrogen) atoms. The van der Waals surface area contributed by atoms with Crippen LogP contribution in [0.4, 0.5) is 5.69 Å². The molecule has 0 amide bonds. The number of thiazole rings is 1. The van der Waals surface area contributed by atoms with E-state index in [2.05, 4.69) is 9.71 Å². The van der Waals surface area contributed by atoms with Crippen LogP contribution in [0.2, 0.25) is 0 Å². The molecule has 0 bridgehead atoms. The van der Waals surface area contributed by atoms with Crippen molar-refractivity contribution in [1.82, 2.24) is 4.98 Å². The maximum absolute atomic E-state index is 12.9. The number of benzene rings is 2. The summed E-state index contributed by atoms with van der Waals surface area (Å²) in [5.41, 5.74) is 4.52. The van der Waals surface area contributed by atoms with Crippen molar-refractivity contribution in [3.63, 3.8) is 0 Å². The number of rotatable bonds is 3. The first kappa shape index (κ1) is 16.7. The number of hydrogen-bond donors (Lipinski definition) is 2. The quantitative estimate of drug-likeness (QED) is 0.747. The maximum Gasteiger partial charge on any atom is 0.305 e. The van der Waals surface area contributed by atoms with E-state index in [-0.39, 0.29) is 4.87 Å². The van der Waals surface area contributed by atoms with Gasteiger partial charge in [0.1, 0.15) is 0 Å². The van der Waals surface area contributed by atoms with Gasteiger partial charge in [-0.1, -0.05) is 17.4 Å². The molecule has 0 spiro atoms. The second-order valence-corrected chi connectivity index (χ2v) is 8.55. The summed E-state index contributed by atoms with van der Waals surface area (Å²) in [5, 5.41) is 0. The van der Waals surface area contributed by atoms with Crippen molar-refractivity contribution in [3.8, 4) is 0 Å². The van der Waals surface area contributed by atoms with Crippen molar-refractivity contribution < 1.29 is 8.42 Å². The van der Waals surface area contributed by atoms with Gasteiger partial charge < -0.3 is 4.98 Å². The zero-order chi connectivity index (χ0) is 17.6. The van der Waals surface area contributed by atoms with Gasteiger partial charge in [-0.05, 0) is 68.1 Å². The highest BCUT2D eigenvalue weighted by Gasteiger charge is 2.22. The molecule has 0 saturated heterocycles. The first-order valence-corrected chi connectivity index (χ1v) is 9.72. The summed E-state index contributed by atoms with van der Waals surface area (Å²) in [7, 11) is -3.72. The Bertz CT molecular complexity index is 1080. The molecule has 1 aromatic heterocycles. The van der Waals surface area contributed by atoms with Gasteiger partial charge in [0, 0.05) is 0 Å². The molecule has 1 heterocycles. The fourth-order valence-corrected chi connectivity index (χ4v) is 5.24. The highest BCUT2D eigenvalue weighted by molar-refractivity contribution is 7.92. The number of anilines is 1. The van der Waals surface area contributed by atoms with Gasteiger partial charge >= 0.3 is 4.87 Å². The Morgan fingerprint density at radius 3 is 2.25 bits per heavy atom. The molecule has 0 atom stereocenters. The molecule has 5 nitrogen and oxygen atoms in total. The van der Waals surface area contributed by atoms with E-state index in [0.29, 0.717) is 20.8 Å². The first-order chi connectivity index (χ1) is 11.2. The number of aromatic nitrogens is 1. The molecule has 2 N–H and O–H groups in total. The minimum Gasteiger partial charge on any atom is -0.312 e. The average Bonchev–Trinajstić information content (AvgIpc) is 2.84. The smallest absolute Gasteiger partial charge is 0.305 e. The Morgan fingerprint density at radius 1 is 1.00 bits per heavy atom. The van der Waals surface area contributed by atoms with Gasteiger partial charge in [0.2, 0.25) is 0 Å². The number of fused-ring (bicyclic) bond motifs is 1. The second-order valence-electron chi connectivity index (χ2n) is 5.92. The van der Waals surface area contributed by atoms with Crippen molar-refractivity contribution in [3.05, 3.63) is 56.2 Å². The van der Waals surface area contributed by atoms with Gasteiger partial charge in [0.05, 0.1) is 20.8 Å². The van der Waals surface area contributed by atoms with Crippen molar-refractivity contribution in [2.75, 3.05) is 4.72 Å². The maximum atomic E-state index is 12.9. The van der Waals surface area contributed by atoms with E-state index in [1.807, 2.05) is 33.8 Å². The standard InChI is InChI=1S/C17H18N2O3S2/c1-9-7-10(2)12(4)16(11(9)3)24(21,22)19-13-5-6-14-15(8-13)23-17(20)18-14/h5-8,19H,1-4H3,(H,18,20). The Balaban J connectivity index is 2.09. The van der Waals surface area contributed by atoms with Gasteiger partial charge in [-0.3, -0.25) is 9.52 Å². The molecule has 0 aliphatic heterocycles. The van der Waals surface area contributed by atoms with Gasteiger partial charge in [-0.15, -0.1) is 0 Å². The molecule has 0 saturated carbocycles. The number of H-pyrrole nitrogens is 1. The van der Waals surface area contributed by atoms with Gasteiger partial charge in [0.15, 0.2) is 0 Å². The Hall–Kier alpha value is -2.12.